The number of halogens is 3. The van der Waals surface area contributed by atoms with Gasteiger partial charge in [0.15, 0.2) is 0 Å². The lowest BCUT2D eigenvalue weighted by molar-refractivity contribution is -0.137. The van der Waals surface area contributed by atoms with Gasteiger partial charge in [-0.05, 0) is 50.1 Å². The summed E-state index contributed by atoms with van der Waals surface area (Å²) in [7, 11) is 0. The number of aryl methyl sites for hydroxylation is 2. The smallest absolute Gasteiger partial charge is 0.378 e. The molecule has 5 rings (SSSR count). The second kappa shape index (κ2) is 10.4. The van der Waals surface area contributed by atoms with Crippen molar-refractivity contribution in [1.29, 1.82) is 0 Å². The molecular formula is C27H29F3N4O2S. The Kier molecular flexibility index (Phi) is 7.22. The van der Waals surface area contributed by atoms with Crippen molar-refractivity contribution >= 4 is 17.4 Å². The second-order valence-electron chi connectivity index (χ2n) is 9.69. The molecule has 2 atom stereocenters. The van der Waals surface area contributed by atoms with Crippen molar-refractivity contribution in [2.75, 3.05) is 39.4 Å². The predicted octanol–water partition coefficient (Wildman–Crippen LogP) is 5.87. The zero-order valence-corrected chi connectivity index (χ0v) is 21.6. The summed E-state index contributed by atoms with van der Waals surface area (Å²) in [6, 6.07) is 9.27. The van der Waals surface area contributed by atoms with Crippen molar-refractivity contribution < 1.29 is 22.7 Å². The number of pyridine rings is 1. The minimum absolute atomic E-state index is 0.0245. The summed E-state index contributed by atoms with van der Waals surface area (Å²) in [4.78, 5) is 26.5. The van der Waals surface area contributed by atoms with Crippen LogP contribution in [0.15, 0.2) is 41.8 Å². The van der Waals surface area contributed by atoms with E-state index in [1.54, 1.807) is 28.4 Å². The van der Waals surface area contributed by atoms with Gasteiger partial charge in [0.25, 0.3) is 0 Å². The van der Waals surface area contributed by atoms with Gasteiger partial charge in [-0.1, -0.05) is 12.1 Å². The number of hydrogen-bond acceptors (Lipinski definition) is 5. The maximum absolute atomic E-state index is 13.4. The Bertz CT molecular complexity index is 1260. The lowest BCUT2D eigenvalue weighted by Gasteiger charge is -2.40. The van der Waals surface area contributed by atoms with Crippen LogP contribution in [-0.4, -0.2) is 65.2 Å². The van der Waals surface area contributed by atoms with Gasteiger partial charge in [-0.25, -0.2) is 9.78 Å². The van der Waals surface area contributed by atoms with Gasteiger partial charge in [-0.15, -0.1) is 11.3 Å². The topological polar surface area (TPSA) is 58.6 Å². The predicted molar refractivity (Wildman–Crippen MR) is 136 cm³/mol. The summed E-state index contributed by atoms with van der Waals surface area (Å²) in [5, 5.41) is 2.94. The van der Waals surface area contributed by atoms with E-state index in [9.17, 15) is 18.0 Å². The number of amides is 2. The number of morpholine rings is 1. The molecule has 0 bridgehead atoms. The molecule has 0 radical (unpaired) electrons. The van der Waals surface area contributed by atoms with Crippen molar-refractivity contribution in [2.24, 2.45) is 0 Å². The van der Waals surface area contributed by atoms with Crippen LogP contribution in [0, 0.1) is 13.8 Å². The van der Waals surface area contributed by atoms with Crippen molar-refractivity contribution in [3.05, 3.63) is 69.3 Å². The van der Waals surface area contributed by atoms with Crippen molar-refractivity contribution in [3.63, 3.8) is 0 Å². The SMILES string of the molecule is Cc1ccc(-c2csc([C@H]3C[C@@H](c4ccc(C(F)(F)F)cc4)CN(C(=O)N4CCOCC4)C3)n2)c(C)n1. The fraction of sp³-hybridized carbons (Fsp3) is 0.444. The molecule has 2 aliphatic rings. The summed E-state index contributed by atoms with van der Waals surface area (Å²) in [6.07, 6.45) is -3.68. The molecule has 196 valence electrons. The third kappa shape index (κ3) is 5.65. The standard InChI is InChI=1S/C27H29F3N4O2S/c1-17-3-8-23(18(2)31-17)24-16-37-25(32-24)21-13-20(19-4-6-22(7-5-19)27(28,29)30)14-34(15-21)26(35)33-9-11-36-12-10-33/h3-8,16,20-21H,9-15H2,1-2H3/t20-,21+/m1/s1. The number of ether oxygens (including phenoxy) is 1. The van der Waals surface area contributed by atoms with Crippen LogP contribution in [0.5, 0.6) is 0 Å². The van der Waals surface area contributed by atoms with E-state index < -0.39 is 11.7 Å². The Labute approximate surface area is 218 Å². The van der Waals surface area contributed by atoms with E-state index >= 15 is 0 Å². The molecule has 2 fully saturated rings. The van der Waals surface area contributed by atoms with Gasteiger partial charge in [0.05, 0.1) is 29.5 Å². The number of urea groups is 1. The molecule has 2 aromatic heterocycles. The lowest BCUT2D eigenvalue weighted by atomic mass is 9.84. The normalized spacial score (nSPS) is 20.8. The van der Waals surface area contributed by atoms with E-state index in [-0.39, 0.29) is 17.9 Å². The molecule has 1 aromatic carbocycles. The molecule has 10 heteroatoms. The van der Waals surface area contributed by atoms with Crippen LogP contribution in [-0.2, 0) is 10.9 Å². The molecular weight excluding hydrogens is 501 g/mol. The Morgan fingerprint density at radius 2 is 1.68 bits per heavy atom. The van der Waals surface area contributed by atoms with Crippen LogP contribution in [0.3, 0.4) is 0 Å². The van der Waals surface area contributed by atoms with Gasteiger partial charge in [0.2, 0.25) is 0 Å². The molecule has 2 saturated heterocycles. The van der Waals surface area contributed by atoms with Gasteiger partial charge in [-0.3, -0.25) is 4.98 Å². The molecule has 2 aliphatic heterocycles. The largest absolute Gasteiger partial charge is 0.416 e. The number of aromatic nitrogens is 2. The molecule has 4 heterocycles. The average molecular weight is 531 g/mol. The quantitative estimate of drug-likeness (QED) is 0.425. The maximum Gasteiger partial charge on any atom is 0.416 e. The lowest BCUT2D eigenvalue weighted by Crippen LogP contribution is -2.52. The number of rotatable bonds is 3. The summed E-state index contributed by atoms with van der Waals surface area (Å²) < 4.78 is 44.8. The van der Waals surface area contributed by atoms with Crippen LogP contribution in [0.4, 0.5) is 18.0 Å². The number of benzene rings is 1. The molecule has 0 saturated carbocycles. The highest BCUT2D eigenvalue weighted by molar-refractivity contribution is 7.10. The van der Waals surface area contributed by atoms with Crippen LogP contribution in [0.1, 0.15) is 45.8 Å². The Hall–Kier alpha value is -2.98. The van der Waals surface area contributed by atoms with E-state index in [4.69, 9.17) is 9.72 Å². The molecule has 0 aliphatic carbocycles. The molecule has 0 spiro atoms. The first kappa shape index (κ1) is 25.7. The summed E-state index contributed by atoms with van der Waals surface area (Å²) in [5.74, 6) is -0.121. The van der Waals surface area contributed by atoms with Crippen LogP contribution >= 0.6 is 11.3 Å². The fourth-order valence-electron chi connectivity index (χ4n) is 5.13. The summed E-state index contributed by atoms with van der Waals surface area (Å²) in [5.41, 5.74) is 3.81. The number of nitrogens with zero attached hydrogens (tertiary/aromatic N) is 4. The number of carbonyl (C=O) groups excluding carboxylic acids is 1. The summed E-state index contributed by atoms with van der Waals surface area (Å²) in [6.45, 7) is 6.97. The third-order valence-corrected chi connectivity index (χ3v) is 8.09. The summed E-state index contributed by atoms with van der Waals surface area (Å²) >= 11 is 1.56. The van der Waals surface area contributed by atoms with Crippen molar-refractivity contribution in [3.8, 4) is 11.3 Å². The number of piperidine rings is 1. The van der Waals surface area contributed by atoms with E-state index in [0.29, 0.717) is 45.8 Å². The molecule has 2 amide bonds. The zero-order valence-electron chi connectivity index (χ0n) is 20.8. The number of likely N-dealkylation sites (tertiary alicyclic amines) is 1. The van der Waals surface area contributed by atoms with E-state index in [0.717, 1.165) is 45.3 Å². The van der Waals surface area contributed by atoms with Crippen LogP contribution in [0.2, 0.25) is 0 Å². The van der Waals surface area contributed by atoms with E-state index in [2.05, 4.69) is 4.98 Å². The fourth-order valence-corrected chi connectivity index (χ4v) is 6.06. The number of hydrogen-bond donors (Lipinski definition) is 0. The number of thiazole rings is 1. The highest BCUT2D eigenvalue weighted by Crippen LogP contribution is 2.39. The first-order valence-electron chi connectivity index (χ1n) is 12.4. The Morgan fingerprint density at radius 1 is 0.973 bits per heavy atom. The van der Waals surface area contributed by atoms with Gasteiger partial charge < -0.3 is 14.5 Å². The van der Waals surface area contributed by atoms with E-state index in [1.807, 2.05) is 36.3 Å². The first-order valence-corrected chi connectivity index (χ1v) is 13.3. The van der Waals surface area contributed by atoms with Gasteiger partial charge in [-0.2, -0.15) is 13.2 Å². The second-order valence-corrected chi connectivity index (χ2v) is 10.6. The first-order chi connectivity index (χ1) is 17.7. The molecule has 3 aromatic rings. The van der Waals surface area contributed by atoms with Crippen LogP contribution in [0.25, 0.3) is 11.3 Å². The van der Waals surface area contributed by atoms with Crippen LogP contribution < -0.4 is 0 Å². The van der Waals surface area contributed by atoms with Gasteiger partial charge in [0.1, 0.15) is 0 Å². The van der Waals surface area contributed by atoms with E-state index in [1.165, 1.54) is 0 Å². The highest BCUT2D eigenvalue weighted by atomic mass is 32.1. The minimum atomic E-state index is -4.38. The third-order valence-electron chi connectivity index (χ3n) is 7.08. The monoisotopic (exact) mass is 530 g/mol. The Morgan fingerprint density at radius 3 is 2.35 bits per heavy atom. The van der Waals surface area contributed by atoms with Crippen molar-refractivity contribution in [2.45, 2.75) is 38.3 Å². The number of carbonyl (C=O) groups is 1. The minimum Gasteiger partial charge on any atom is -0.378 e. The molecule has 6 nitrogen and oxygen atoms in total. The maximum atomic E-state index is 13.4. The molecule has 0 unspecified atom stereocenters. The van der Waals surface area contributed by atoms with Crippen molar-refractivity contribution in [1.82, 2.24) is 19.8 Å². The average Bonchev–Trinajstić information content (AvgIpc) is 3.38. The highest BCUT2D eigenvalue weighted by Gasteiger charge is 2.36. The van der Waals surface area contributed by atoms with Gasteiger partial charge in [0, 0.05) is 60.3 Å². The van der Waals surface area contributed by atoms with Gasteiger partial charge >= 0.3 is 12.2 Å². The number of alkyl halides is 3. The molecule has 0 N–H and O–H groups in total. The zero-order chi connectivity index (χ0) is 26.2. The Balaban J connectivity index is 1.43. The molecule has 37 heavy (non-hydrogen) atoms.